The molecule has 0 saturated carbocycles. The molecule has 0 radical (unpaired) electrons. The lowest BCUT2D eigenvalue weighted by Gasteiger charge is -2.16. The molecule has 11 heteroatoms. The van der Waals surface area contributed by atoms with Gasteiger partial charge in [-0.2, -0.15) is 13.2 Å². The number of hydrogen-bond donors (Lipinski definition) is 1. The molecule has 0 saturated heterocycles. The topological polar surface area (TPSA) is 63.5 Å². The molecule has 2 aromatic carbocycles. The second-order valence-corrected chi connectivity index (χ2v) is 9.32. The zero-order valence-corrected chi connectivity index (χ0v) is 21.9. The molecule has 0 fully saturated rings. The highest BCUT2D eigenvalue weighted by Crippen LogP contribution is 2.41. The molecule has 0 unspecified atom stereocenters. The van der Waals surface area contributed by atoms with E-state index < -0.39 is 40.8 Å². The lowest BCUT2D eigenvalue weighted by Crippen LogP contribution is -2.13. The highest BCUT2D eigenvalue weighted by atomic mass is 79.9. The van der Waals surface area contributed by atoms with E-state index >= 15 is 0 Å². The Hall–Kier alpha value is -4.38. The largest absolute Gasteiger partial charge is 0.417 e. The van der Waals surface area contributed by atoms with E-state index in [1.54, 1.807) is 6.07 Å². The van der Waals surface area contributed by atoms with Crippen molar-refractivity contribution < 1.29 is 31.5 Å². The first-order valence-electron chi connectivity index (χ1n) is 11.7. The van der Waals surface area contributed by atoms with Crippen molar-refractivity contribution in [1.82, 2.24) is 9.38 Å². The van der Waals surface area contributed by atoms with E-state index in [1.165, 1.54) is 59.3 Å². The van der Waals surface area contributed by atoms with Crippen LogP contribution in [0.1, 0.15) is 21.6 Å². The first-order valence-corrected chi connectivity index (χ1v) is 12.8. The van der Waals surface area contributed by atoms with Gasteiger partial charge in [0.2, 0.25) is 11.7 Å². The minimum Gasteiger partial charge on any atom is -0.318 e. The predicted molar refractivity (Wildman–Crippen MR) is 144 cm³/mol. The van der Waals surface area contributed by atoms with Gasteiger partial charge in [-0.3, -0.25) is 14.6 Å². The Morgan fingerprint density at radius 2 is 1.73 bits per heavy atom. The van der Waals surface area contributed by atoms with Gasteiger partial charge in [0.1, 0.15) is 17.3 Å². The lowest BCUT2D eigenvalue weighted by molar-refractivity contribution is -0.137. The SMILES string of the molecule is O=C(/C=C/CBr)Nc1c(F)cc(C(=O)c2ccc3c(-c4cc5ncccc5cc4C(F)(F)F)cccn23)cc1F. The third-order valence-corrected chi connectivity index (χ3v) is 6.55. The summed E-state index contributed by atoms with van der Waals surface area (Å²) in [5.41, 5.74) is -1.27. The van der Waals surface area contributed by atoms with Crippen LogP contribution in [0.15, 0.2) is 85.2 Å². The molecular formula is C29H17BrF5N3O2. The van der Waals surface area contributed by atoms with E-state index in [0.717, 1.165) is 24.3 Å². The summed E-state index contributed by atoms with van der Waals surface area (Å²) in [7, 11) is 0. The van der Waals surface area contributed by atoms with Crippen LogP contribution < -0.4 is 5.32 Å². The van der Waals surface area contributed by atoms with Gasteiger partial charge < -0.3 is 9.72 Å². The van der Waals surface area contributed by atoms with Crippen LogP contribution in [0, 0.1) is 11.6 Å². The number of benzene rings is 2. The number of anilines is 1. The molecular weight excluding hydrogens is 597 g/mol. The molecule has 1 N–H and O–H groups in total. The molecule has 0 aliphatic rings. The van der Waals surface area contributed by atoms with Gasteiger partial charge in [0, 0.05) is 40.3 Å². The van der Waals surface area contributed by atoms with Crippen LogP contribution in [-0.2, 0) is 11.0 Å². The molecule has 5 rings (SSSR count). The molecule has 3 heterocycles. The van der Waals surface area contributed by atoms with Gasteiger partial charge in [0.15, 0.2) is 0 Å². The number of hydrogen-bond acceptors (Lipinski definition) is 3. The number of carbonyl (C=O) groups is 2. The summed E-state index contributed by atoms with van der Waals surface area (Å²) in [6.07, 6.45) is 0.792. The van der Waals surface area contributed by atoms with Crippen molar-refractivity contribution in [1.29, 1.82) is 0 Å². The molecule has 40 heavy (non-hydrogen) atoms. The van der Waals surface area contributed by atoms with Crippen molar-refractivity contribution >= 4 is 49.7 Å². The lowest BCUT2D eigenvalue weighted by atomic mass is 9.96. The highest BCUT2D eigenvalue weighted by molar-refractivity contribution is 9.09. The number of pyridine rings is 2. The number of ketones is 1. The summed E-state index contributed by atoms with van der Waals surface area (Å²) >= 11 is 3.09. The van der Waals surface area contributed by atoms with Crippen molar-refractivity contribution in [3.8, 4) is 11.1 Å². The van der Waals surface area contributed by atoms with Crippen LogP contribution in [0.4, 0.5) is 27.6 Å². The Bertz CT molecular complexity index is 1810. The van der Waals surface area contributed by atoms with Gasteiger partial charge in [-0.25, -0.2) is 8.78 Å². The maximum atomic E-state index is 14.7. The van der Waals surface area contributed by atoms with Crippen molar-refractivity contribution in [2.24, 2.45) is 0 Å². The zero-order chi connectivity index (χ0) is 28.6. The van der Waals surface area contributed by atoms with Crippen LogP contribution >= 0.6 is 15.9 Å². The molecule has 0 atom stereocenters. The number of allylic oxidation sites excluding steroid dienone is 1. The summed E-state index contributed by atoms with van der Waals surface area (Å²) in [5, 5.41) is 2.77. The quantitative estimate of drug-likeness (QED) is 0.0929. The number of alkyl halides is 4. The third kappa shape index (κ3) is 5.12. The zero-order valence-electron chi connectivity index (χ0n) is 20.3. The van der Waals surface area contributed by atoms with E-state index in [9.17, 15) is 31.5 Å². The van der Waals surface area contributed by atoms with E-state index in [4.69, 9.17) is 0 Å². The Balaban J connectivity index is 1.58. The number of carbonyl (C=O) groups excluding carboxylic acids is 2. The van der Waals surface area contributed by atoms with E-state index in [1.807, 2.05) is 0 Å². The minimum atomic E-state index is -4.67. The Kier molecular flexibility index (Phi) is 7.24. The van der Waals surface area contributed by atoms with Crippen LogP contribution in [0.2, 0.25) is 0 Å². The number of aromatic nitrogens is 2. The number of amides is 1. The number of rotatable bonds is 6. The molecule has 1 amide bonds. The molecule has 5 aromatic rings. The number of nitrogens with one attached hydrogen (secondary N) is 1. The van der Waals surface area contributed by atoms with Gasteiger partial charge in [0.05, 0.1) is 22.3 Å². The smallest absolute Gasteiger partial charge is 0.318 e. The van der Waals surface area contributed by atoms with Gasteiger partial charge >= 0.3 is 6.18 Å². The number of halogens is 6. The van der Waals surface area contributed by atoms with Crippen molar-refractivity contribution in [2.75, 3.05) is 10.6 Å². The summed E-state index contributed by atoms with van der Waals surface area (Å²) in [6.45, 7) is 0. The maximum absolute atomic E-state index is 14.7. The van der Waals surface area contributed by atoms with Gasteiger partial charge in [0.25, 0.3) is 0 Å². The number of nitrogens with zero attached hydrogens (tertiary/aromatic N) is 2. The van der Waals surface area contributed by atoms with Crippen LogP contribution in [0.25, 0.3) is 27.5 Å². The summed E-state index contributed by atoms with van der Waals surface area (Å²) in [4.78, 5) is 29.3. The normalized spacial score (nSPS) is 11.9. The first kappa shape index (κ1) is 27.2. The molecule has 0 aliphatic carbocycles. The van der Waals surface area contributed by atoms with Crippen LogP contribution in [0.3, 0.4) is 0 Å². The summed E-state index contributed by atoms with van der Waals surface area (Å²) in [5.74, 6) is -3.86. The summed E-state index contributed by atoms with van der Waals surface area (Å²) in [6, 6.07) is 12.8. The third-order valence-electron chi connectivity index (χ3n) is 6.17. The van der Waals surface area contributed by atoms with Crippen molar-refractivity contribution in [2.45, 2.75) is 6.18 Å². The van der Waals surface area contributed by atoms with E-state index in [2.05, 4.69) is 26.2 Å². The molecule has 5 nitrogen and oxygen atoms in total. The van der Waals surface area contributed by atoms with Gasteiger partial charge in [-0.15, -0.1) is 0 Å². The Morgan fingerprint density at radius 3 is 2.42 bits per heavy atom. The molecule has 0 spiro atoms. The van der Waals surface area contributed by atoms with Crippen LogP contribution in [0.5, 0.6) is 0 Å². The monoisotopic (exact) mass is 613 g/mol. The number of fused-ring (bicyclic) bond motifs is 2. The highest BCUT2D eigenvalue weighted by Gasteiger charge is 2.34. The molecule has 202 valence electrons. The fourth-order valence-electron chi connectivity index (χ4n) is 4.42. The molecule has 0 bridgehead atoms. The first-order chi connectivity index (χ1) is 19.1. The molecule has 0 aliphatic heterocycles. The van der Waals surface area contributed by atoms with Gasteiger partial charge in [-0.05, 0) is 54.1 Å². The average molecular weight is 614 g/mol. The second-order valence-electron chi connectivity index (χ2n) is 8.68. The van der Waals surface area contributed by atoms with Crippen LogP contribution in [-0.4, -0.2) is 26.4 Å². The van der Waals surface area contributed by atoms with E-state index in [0.29, 0.717) is 16.2 Å². The second kappa shape index (κ2) is 10.6. The summed E-state index contributed by atoms with van der Waals surface area (Å²) < 4.78 is 73.0. The van der Waals surface area contributed by atoms with Gasteiger partial charge in [-0.1, -0.05) is 34.1 Å². The fraction of sp³-hybridized carbons (Fsp3) is 0.0690. The molecule has 3 aromatic heterocycles. The van der Waals surface area contributed by atoms with Crippen molar-refractivity contribution in [3.05, 3.63) is 114 Å². The standard InChI is InChI=1S/C29H17BrF5N3O2/c30-9-1-6-26(39)37-27-21(31)13-17(14-22(27)32)28(40)25-8-7-24-18(5-3-11-38(24)25)19-15-23-16(4-2-10-36-23)12-20(19)29(33,34)35/h1-8,10-15H,9H2,(H,37,39)/b6-1+. The minimum absolute atomic E-state index is 0.0276. The maximum Gasteiger partial charge on any atom is 0.417 e. The average Bonchev–Trinajstić information content (AvgIpc) is 3.36. The predicted octanol–water partition coefficient (Wildman–Crippen LogP) is 7.57. The fourth-order valence-corrected chi connectivity index (χ4v) is 4.60. The Labute approximate surface area is 232 Å². The Morgan fingerprint density at radius 1 is 0.975 bits per heavy atom. The van der Waals surface area contributed by atoms with Crippen molar-refractivity contribution in [3.63, 3.8) is 0 Å². The van der Waals surface area contributed by atoms with E-state index in [-0.39, 0.29) is 27.9 Å².